The lowest BCUT2D eigenvalue weighted by molar-refractivity contribution is -0.125. The topological polar surface area (TPSA) is 42.0 Å². The van der Waals surface area contributed by atoms with Gasteiger partial charge in [0.05, 0.1) is 13.2 Å². The third-order valence-electron chi connectivity index (χ3n) is 4.67. The van der Waals surface area contributed by atoms with Gasteiger partial charge in [0.1, 0.15) is 5.75 Å². The van der Waals surface area contributed by atoms with Crippen LogP contribution in [0.4, 0.5) is 14.5 Å². The maximum Gasteiger partial charge on any atom is 0.387 e. The van der Waals surface area contributed by atoms with Gasteiger partial charge < -0.3 is 19.3 Å². The highest BCUT2D eigenvalue weighted by Crippen LogP contribution is 2.24. The lowest BCUT2D eigenvalue weighted by Gasteiger charge is -2.31. The molecule has 29 heavy (non-hydrogen) atoms. The monoisotopic (exact) mass is 402 g/mol. The first kappa shape index (κ1) is 20.8. The average Bonchev–Trinajstić information content (AvgIpc) is 2.73. The number of hydrogen-bond donors (Lipinski definition) is 0. The minimum absolute atomic E-state index is 0.0341. The van der Waals surface area contributed by atoms with E-state index in [-0.39, 0.29) is 11.7 Å². The lowest BCUT2D eigenvalue weighted by Crippen LogP contribution is -2.37. The summed E-state index contributed by atoms with van der Waals surface area (Å²) < 4.78 is 35.0. The number of rotatable bonds is 7. The van der Waals surface area contributed by atoms with Crippen LogP contribution in [0, 0.1) is 0 Å². The highest BCUT2D eigenvalue weighted by Gasteiger charge is 2.16. The maximum atomic E-state index is 12.6. The van der Waals surface area contributed by atoms with Crippen LogP contribution in [0.3, 0.4) is 0 Å². The zero-order chi connectivity index (χ0) is 20.6. The smallest absolute Gasteiger partial charge is 0.387 e. The number of benzene rings is 2. The summed E-state index contributed by atoms with van der Waals surface area (Å²) in [5.74, 6) is -0.194. The molecule has 0 atom stereocenters. The van der Waals surface area contributed by atoms with E-state index in [1.165, 1.54) is 18.2 Å². The van der Waals surface area contributed by atoms with Crippen molar-refractivity contribution in [1.29, 1.82) is 0 Å². The number of anilines is 1. The lowest BCUT2D eigenvalue weighted by atomic mass is 10.1. The van der Waals surface area contributed by atoms with Crippen LogP contribution in [0.5, 0.6) is 5.75 Å². The van der Waals surface area contributed by atoms with Crippen LogP contribution in [0.1, 0.15) is 11.1 Å². The molecule has 1 heterocycles. The van der Waals surface area contributed by atoms with Crippen molar-refractivity contribution < 1.29 is 23.0 Å². The number of morpholine rings is 1. The van der Waals surface area contributed by atoms with Gasteiger partial charge in [-0.1, -0.05) is 36.4 Å². The Morgan fingerprint density at radius 2 is 1.86 bits per heavy atom. The predicted molar refractivity (Wildman–Crippen MR) is 108 cm³/mol. The Kier molecular flexibility index (Phi) is 7.19. The third-order valence-corrected chi connectivity index (χ3v) is 4.67. The molecule has 2 aromatic rings. The summed E-state index contributed by atoms with van der Waals surface area (Å²) in [5.41, 5.74) is 2.55. The highest BCUT2D eigenvalue weighted by atomic mass is 19.3. The number of nitrogens with zero attached hydrogens (tertiary/aromatic N) is 2. The normalized spacial score (nSPS) is 14.4. The van der Waals surface area contributed by atoms with Gasteiger partial charge in [0, 0.05) is 44.0 Å². The highest BCUT2D eigenvalue weighted by molar-refractivity contribution is 5.92. The minimum Gasteiger partial charge on any atom is -0.434 e. The number of hydrogen-bond acceptors (Lipinski definition) is 4. The number of amides is 1. The van der Waals surface area contributed by atoms with Crippen molar-refractivity contribution in [3.63, 3.8) is 0 Å². The van der Waals surface area contributed by atoms with E-state index in [4.69, 9.17) is 4.74 Å². The van der Waals surface area contributed by atoms with E-state index in [0.29, 0.717) is 25.3 Å². The van der Waals surface area contributed by atoms with Crippen LogP contribution in [0.25, 0.3) is 6.08 Å². The second kappa shape index (κ2) is 10.0. The Hall–Kier alpha value is -2.93. The van der Waals surface area contributed by atoms with Crippen molar-refractivity contribution >= 4 is 17.7 Å². The fourth-order valence-electron chi connectivity index (χ4n) is 3.20. The molecule has 1 aliphatic rings. The fraction of sp³-hybridized carbons (Fsp3) is 0.318. The summed E-state index contributed by atoms with van der Waals surface area (Å²) in [6, 6.07) is 14.3. The molecule has 1 amide bonds. The average molecular weight is 402 g/mol. The molecule has 3 rings (SSSR count). The van der Waals surface area contributed by atoms with Crippen LogP contribution in [0.2, 0.25) is 0 Å². The van der Waals surface area contributed by atoms with Gasteiger partial charge >= 0.3 is 6.61 Å². The molecule has 0 aliphatic carbocycles. The van der Waals surface area contributed by atoms with Gasteiger partial charge in [0.15, 0.2) is 0 Å². The minimum atomic E-state index is -2.92. The van der Waals surface area contributed by atoms with Crippen LogP contribution >= 0.6 is 0 Å². The van der Waals surface area contributed by atoms with Crippen molar-refractivity contribution in [2.45, 2.75) is 13.2 Å². The zero-order valence-electron chi connectivity index (χ0n) is 16.3. The molecule has 1 aliphatic heterocycles. The van der Waals surface area contributed by atoms with Crippen molar-refractivity contribution in [2.24, 2.45) is 0 Å². The molecule has 0 N–H and O–H groups in total. The standard InChI is InChI=1S/C22H24F2N2O3/c1-25(16-18-7-2-4-8-19(18)26-12-14-28-15-13-26)21(27)11-10-17-6-3-5-9-20(17)29-22(23)24/h2-11,22H,12-16H2,1H3/b11-10+. The van der Waals surface area contributed by atoms with Crippen molar-refractivity contribution in [3.05, 3.63) is 65.7 Å². The number of carbonyl (C=O) groups is 1. The molecule has 1 saturated heterocycles. The molecule has 1 fully saturated rings. The summed E-state index contributed by atoms with van der Waals surface area (Å²) >= 11 is 0. The Morgan fingerprint density at radius 3 is 2.62 bits per heavy atom. The number of ether oxygens (including phenoxy) is 2. The van der Waals surface area contributed by atoms with Crippen LogP contribution in [-0.4, -0.2) is 50.8 Å². The molecule has 0 unspecified atom stereocenters. The van der Waals surface area contributed by atoms with Gasteiger partial charge in [-0.05, 0) is 23.8 Å². The first-order valence-corrected chi connectivity index (χ1v) is 9.42. The SMILES string of the molecule is CN(Cc1ccccc1N1CCOCC1)C(=O)/C=C/c1ccccc1OC(F)F. The van der Waals surface area contributed by atoms with Crippen LogP contribution in [0.15, 0.2) is 54.6 Å². The van der Waals surface area contributed by atoms with Gasteiger partial charge in [-0.15, -0.1) is 0 Å². The number of alkyl halides is 2. The van der Waals surface area contributed by atoms with Gasteiger partial charge in [0.25, 0.3) is 0 Å². The molecule has 7 heteroatoms. The van der Waals surface area contributed by atoms with Crippen molar-refractivity contribution in [2.75, 3.05) is 38.3 Å². The zero-order valence-corrected chi connectivity index (χ0v) is 16.3. The number of halogens is 2. The molecule has 154 valence electrons. The quantitative estimate of drug-likeness (QED) is 0.661. The van der Waals surface area contributed by atoms with Gasteiger partial charge in [-0.3, -0.25) is 4.79 Å². The molecule has 0 aromatic heterocycles. The molecular weight excluding hydrogens is 378 g/mol. The largest absolute Gasteiger partial charge is 0.434 e. The molecule has 0 spiro atoms. The van der Waals surface area contributed by atoms with Crippen molar-refractivity contribution in [3.8, 4) is 5.75 Å². The summed E-state index contributed by atoms with van der Waals surface area (Å²) in [6.45, 7) is 0.522. The summed E-state index contributed by atoms with van der Waals surface area (Å²) in [4.78, 5) is 16.4. The Balaban J connectivity index is 1.68. The summed E-state index contributed by atoms with van der Waals surface area (Å²) in [7, 11) is 1.71. The van der Waals surface area contributed by atoms with E-state index in [9.17, 15) is 13.6 Å². The number of likely N-dealkylation sites (N-methyl/N-ethyl adjacent to an activating group) is 1. The van der Waals surface area contributed by atoms with E-state index < -0.39 is 6.61 Å². The maximum absolute atomic E-state index is 12.6. The van der Waals surface area contributed by atoms with E-state index in [2.05, 4.69) is 9.64 Å². The molecule has 0 radical (unpaired) electrons. The summed E-state index contributed by atoms with van der Waals surface area (Å²) in [5, 5.41) is 0. The first-order valence-electron chi connectivity index (χ1n) is 9.42. The van der Waals surface area contributed by atoms with E-state index in [1.807, 2.05) is 24.3 Å². The van der Waals surface area contributed by atoms with Crippen molar-refractivity contribution in [1.82, 2.24) is 4.90 Å². The van der Waals surface area contributed by atoms with E-state index in [0.717, 1.165) is 24.3 Å². The predicted octanol–water partition coefficient (Wildman–Crippen LogP) is 3.80. The van der Waals surface area contributed by atoms with Crippen LogP contribution in [-0.2, 0) is 16.1 Å². The Labute approximate surface area is 169 Å². The van der Waals surface area contributed by atoms with Crippen LogP contribution < -0.4 is 9.64 Å². The Bertz CT molecular complexity index is 851. The Morgan fingerprint density at radius 1 is 1.17 bits per heavy atom. The van der Waals surface area contributed by atoms with Gasteiger partial charge in [-0.25, -0.2) is 0 Å². The molecule has 0 saturated carbocycles. The molecule has 0 bridgehead atoms. The number of carbonyl (C=O) groups excluding carboxylic acids is 1. The number of para-hydroxylation sites is 2. The van der Waals surface area contributed by atoms with E-state index in [1.54, 1.807) is 30.1 Å². The fourth-order valence-corrected chi connectivity index (χ4v) is 3.20. The summed E-state index contributed by atoms with van der Waals surface area (Å²) in [6.07, 6.45) is 2.86. The van der Waals surface area contributed by atoms with Gasteiger partial charge in [0.2, 0.25) is 5.91 Å². The second-order valence-corrected chi connectivity index (χ2v) is 6.67. The molecule has 5 nitrogen and oxygen atoms in total. The third kappa shape index (κ3) is 5.77. The first-order chi connectivity index (χ1) is 14.0. The molecule has 2 aromatic carbocycles. The van der Waals surface area contributed by atoms with Gasteiger partial charge in [-0.2, -0.15) is 8.78 Å². The second-order valence-electron chi connectivity index (χ2n) is 6.67. The van der Waals surface area contributed by atoms with E-state index >= 15 is 0 Å². The molecular formula is C22H24F2N2O3.